The molecule has 2 heterocycles. The summed E-state index contributed by atoms with van der Waals surface area (Å²) in [5, 5.41) is 5.35. The number of nitrogens with two attached hydrogens (primary N) is 1. The molecule has 0 spiro atoms. The van der Waals surface area contributed by atoms with Crippen molar-refractivity contribution in [1.29, 1.82) is 0 Å². The van der Waals surface area contributed by atoms with Crippen molar-refractivity contribution in [3.63, 3.8) is 0 Å². The van der Waals surface area contributed by atoms with Crippen molar-refractivity contribution in [3.8, 4) is 0 Å². The molecule has 2 N–H and O–H groups in total. The summed E-state index contributed by atoms with van der Waals surface area (Å²) in [5.74, 6) is 0.433. The molecule has 5 heteroatoms. The molecule has 0 fully saturated rings. The minimum atomic E-state index is 0.433. The summed E-state index contributed by atoms with van der Waals surface area (Å²) in [6.45, 7) is 5.81. The largest absolute Gasteiger partial charge is 0.347 e. The highest BCUT2D eigenvalue weighted by atomic mass is 32.1. The van der Waals surface area contributed by atoms with E-state index in [9.17, 15) is 0 Å². The predicted molar refractivity (Wildman–Crippen MR) is 80.5 cm³/mol. The Kier molecular flexibility index (Phi) is 4.37. The Bertz CT molecular complexity index is 488. The van der Waals surface area contributed by atoms with E-state index in [1.807, 2.05) is 0 Å². The average Bonchev–Trinajstić information content (AvgIpc) is 2.96. The van der Waals surface area contributed by atoms with Crippen molar-refractivity contribution < 1.29 is 0 Å². The number of thiazole rings is 1. The molecule has 0 aromatic carbocycles. The van der Waals surface area contributed by atoms with Gasteiger partial charge in [-0.3, -0.25) is 0 Å². The second-order valence-electron chi connectivity index (χ2n) is 4.65. The molecule has 2 rings (SSSR count). The van der Waals surface area contributed by atoms with E-state index in [4.69, 9.17) is 10.7 Å². The lowest BCUT2D eigenvalue weighted by atomic mass is 10.1. The highest BCUT2D eigenvalue weighted by Crippen LogP contribution is 2.30. The van der Waals surface area contributed by atoms with Crippen molar-refractivity contribution >= 4 is 27.8 Å². The lowest BCUT2D eigenvalue weighted by Gasteiger charge is -2.14. The quantitative estimate of drug-likeness (QED) is 0.913. The highest BCUT2D eigenvalue weighted by molar-refractivity contribution is 7.15. The van der Waals surface area contributed by atoms with Gasteiger partial charge in [0.2, 0.25) is 0 Å². The monoisotopic (exact) mass is 281 g/mol. The van der Waals surface area contributed by atoms with Gasteiger partial charge in [-0.1, -0.05) is 13.8 Å². The fourth-order valence-corrected chi connectivity index (χ4v) is 3.55. The predicted octanol–water partition coefficient (Wildman–Crippen LogP) is 3.42. The molecule has 3 nitrogen and oxygen atoms in total. The van der Waals surface area contributed by atoms with Crippen LogP contribution >= 0.6 is 22.7 Å². The minimum Gasteiger partial charge on any atom is -0.347 e. The van der Waals surface area contributed by atoms with Crippen molar-refractivity contribution in [3.05, 3.63) is 33.0 Å². The molecular weight excluding hydrogens is 262 g/mol. The van der Waals surface area contributed by atoms with Gasteiger partial charge < -0.3 is 10.6 Å². The summed E-state index contributed by atoms with van der Waals surface area (Å²) in [4.78, 5) is 8.13. The number of nitrogens with zero attached hydrogens (tertiary/aromatic N) is 2. The summed E-state index contributed by atoms with van der Waals surface area (Å²) in [6, 6.07) is 2.15. The first-order valence-electron chi connectivity index (χ1n) is 6.03. The van der Waals surface area contributed by atoms with Crippen LogP contribution in [0.1, 0.15) is 35.9 Å². The van der Waals surface area contributed by atoms with Crippen LogP contribution in [0, 0.1) is 0 Å². The van der Waals surface area contributed by atoms with E-state index in [-0.39, 0.29) is 0 Å². The topological polar surface area (TPSA) is 42.2 Å². The maximum absolute atomic E-state index is 5.79. The molecule has 0 aliphatic heterocycles. The number of aromatic nitrogens is 1. The molecule has 0 radical (unpaired) electrons. The second kappa shape index (κ2) is 5.82. The first-order chi connectivity index (χ1) is 8.61. The van der Waals surface area contributed by atoms with E-state index >= 15 is 0 Å². The third-order valence-corrected chi connectivity index (χ3v) is 4.71. The Morgan fingerprint density at radius 3 is 2.72 bits per heavy atom. The molecule has 2 aromatic rings. The maximum Gasteiger partial charge on any atom is 0.185 e. The summed E-state index contributed by atoms with van der Waals surface area (Å²) < 4.78 is 0. The molecule has 0 saturated heterocycles. The molecule has 98 valence electrons. The highest BCUT2D eigenvalue weighted by Gasteiger charge is 2.15. The standard InChI is InChI=1S/C13H19N3S2/c1-9(2)12-11(6-14)18-13(15-12)16(3)7-10-4-5-17-8-10/h4-5,8-9H,6-7,14H2,1-3H3. The van der Waals surface area contributed by atoms with Gasteiger partial charge in [-0.2, -0.15) is 11.3 Å². The van der Waals surface area contributed by atoms with Gasteiger partial charge >= 0.3 is 0 Å². The maximum atomic E-state index is 5.79. The van der Waals surface area contributed by atoms with Gasteiger partial charge in [0.15, 0.2) is 5.13 Å². The zero-order chi connectivity index (χ0) is 13.1. The fourth-order valence-electron chi connectivity index (χ4n) is 1.84. The van der Waals surface area contributed by atoms with E-state index < -0.39 is 0 Å². The number of rotatable bonds is 5. The number of anilines is 1. The van der Waals surface area contributed by atoms with Crippen molar-refractivity contribution in [1.82, 2.24) is 4.98 Å². The summed E-state index contributed by atoms with van der Waals surface area (Å²) in [5.41, 5.74) is 8.27. The third-order valence-electron chi connectivity index (χ3n) is 2.77. The van der Waals surface area contributed by atoms with E-state index in [1.54, 1.807) is 22.7 Å². The van der Waals surface area contributed by atoms with Crippen LogP contribution in [0.5, 0.6) is 0 Å². The van der Waals surface area contributed by atoms with Crippen LogP contribution in [0.25, 0.3) is 0 Å². The molecule has 0 amide bonds. The van der Waals surface area contributed by atoms with Crippen LogP contribution in [0.15, 0.2) is 16.8 Å². The zero-order valence-electron chi connectivity index (χ0n) is 11.0. The Hall–Kier alpha value is -0.910. The van der Waals surface area contributed by atoms with Gasteiger partial charge in [0, 0.05) is 25.0 Å². The molecule has 0 saturated carbocycles. The molecule has 0 atom stereocenters. The van der Waals surface area contributed by atoms with Gasteiger partial charge in [-0.25, -0.2) is 4.98 Å². The molecule has 0 bridgehead atoms. The third kappa shape index (κ3) is 2.91. The van der Waals surface area contributed by atoms with E-state index in [2.05, 4.69) is 42.6 Å². The van der Waals surface area contributed by atoms with E-state index in [1.165, 1.54) is 10.4 Å². The molecule has 0 aliphatic carbocycles. The van der Waals surface area contributed by atoms with Crippen molar-refractivity contribution in [2.75, 3.05) is 11.9 Å². The molecule has 0 aliphatic rings. The molecular formula is C13H19N3S2. The number of hydrogen-bond acceptors (Lipinski definition) is 5. The normalized spacial score (nSPS) is 11.2. The number of hydrogen-bond donors (Lipinski definition) is 1. The average molecular weight is 281 g/mol. The minimum absolute atomic E-state index is 0.433. The van der Waals surface area contributed by atoms with Crippen LogP contribution in [0.2, 0.25) is 0 Å². The Morgan fingerprint density at radius 2 is 2.22 bits per heavy atom. The SMILES string of the molecule is CC(C)c1nc(N(C)Cc2ccsc2)sc1CN. The first-order valence-corrected chi connectivity index (χ1v) is 7.79. The molecule has 18 heavy (non-hydrogen) atoms. The van der Waals surface area contributed by atoms with Gasteiger partial charge in [-0.05, 0) is 28.3 Å². The Morgan fingerprint density at radius 1 is 1.44 bits per heavy atom. The Labute approximate surface area is 116 Å². The summed E-state index contributed by atoms with van der Waals surface area (Å²) >= 11 is 3.44. The van der Waals surface area contributed by atoms with Crippen LogP contribution in [-0.4, -0.2) is 12.0 Å². The van der Waals surface area contributed by atoms with Gasteiger partial charge in [0.05, 0.1) is 5.69 Å². The molecule has 2 aromatic heterocycles. The second-order valence-corrected chi connectivity index (χ2v) is 6.49. The summed E-state index contributed by atoms with van der Waals surface area (Å²) in [6.07, 6.45) is 0. The first kappa shape index (κ1) is 13.5. The van der Waals surface area contributed by atoms with Crippen molar-refractivity contribution in [2.24, 2.45) is 5.73 Å². The zero-order valence-corrected chi connectivity index (χ0v) is 12.6. The van der Waals surface area contributed by atoms with E-state index in [0.717, 1.165) is 17.4 Å². The summed E-state index contributed by atoms with van der Waals surface area (Å²) in [7, 11) is 2.08. The van der Waals surface area contributed by atoms with Gasteiger partial charge in [0.25, 0.3) is 0 Å². The van der Waals surface area contributed by atoms with Gasteiger partial charge in [0.1, 0.15) is 0 Å². The molecule has 0 unspecified atom stereocenters. The van der Waals surface area contributed by atoms with Gasteiger partial charge in [-0.15, -0.1) is 11.3 Å². The lowest BCUT2D eigenvalue weighted by Crippen LogP contribution is -2.15. The van der Waals surface area contributed by atoms with Crippen LogP contribution < -0.4 is 10.6 Å². The van der Waals surface area contributed by atoms with Crippen LogP contribution in [0.3, 0.4) is 0 Å². The van der Waals surface area contributed by atoms with E-state index in [0.29, 0.717) is 12.5 Å². The van der Waals surface area contributed by atoms with Crippen LogP contribution in [-0.2, 0) is 13.1 Å². The Balaban J connectivity index is 2.17. The van der Waals surface area contributed by atoms with Crippen molar-refractivity contribution in [2.45, 2.75) is 32.9 Å². The number of thiophene rings is 1. The van der Waals surface area contributed by atoms with Crippen LogP contribution in [0.4, 0.5) is 5.13 Å². The smallest absolute Gasteiger partial charge is 0.185 e. The lowest BCUT2D eigenvalue weighted by molar-refractivity contribution is 0.805. The fraction of sp³-hybridized carbons (Fsp3) is 0.462.